The molecule has 0 bridgehead atoms. The highest BCUT2D eigenvalue weighted by Crippen LogP contribution is 2.36. The summed E-state index contributed by atoms with van der Waals surface area (Å²) in [5, 5.41) is 20.2. The van der Waals surface area contributed by atoms with Crippen LogP contribution >= 0.6 is 0 Å². The van der Waals surface area contributed by atoms with Crippen LogP contribution in [-0.2, 0) is 6.42 Å². The summed E-state index contributed by atoms with van der Waals surface area (Å²) >= 11 is 0. The van der Waals surface area contributed by atoms with E-state index >= 15 is 0 Å². The molecule has 3 rings (SSSR count). The summed E-state index contributed by atoms with van der Waals surface area (Å²) in [6, 6.07) is 5.95. The maximum atomic E-state index is 9.49. The highest BCUT2D eigenvalue weighted by molar-refractivity contribution is 5.55. The van der Waals surface area contributed by atoms with Crippen LogP contribution in [0.2, 0.25) is 0 Å². The lowest BCUT2D eigenvalue weighted by atomic mass is 10.1. The van der Waals surface area contributed by atoms with Crippen LogP contribution in [-0.4, -0.2) is 15.3 Å². The fraction of sp³-hybridized carbons (Fsp3) is 0.357. The van der Waals surface area contributed by atoms with Crippen LogP contribution in [0.1, 0.15) is 35.0 Å². The van der Waals surface area contributed by atoms with E-state index in [2.05, 4.69) is 15.5 Å². The molecule has 18 heavy (non-hydrogen) atoms. The topological polar surface area (TPSA) is 60.9 Å². The Morgan fingerprint density at radius 3 is 2.94 bits per heavy atom. The Morgan fingerprint density at radius 2 is 2.22 bits per heavy atom. The Morgan fingerprint density at radius 1 is 1.39 bits per heavy atom. The van der Waals surface area contributed by atoms with Crippen molar-refractivity contribution in [2.24, 2.45) is 0 Å². The molecule has 4 heteroatoms. The summed E-state index contributed by atoms with van der Waals surface area (Å²) in [5.41, 5.74) is 5.69. The first-order valence-electron chi connectivity index (χ1n) is 6.25. The van der Waals surface area contributed by atoms with Gasteiger partial charge in [0.25, 0.3) is 0 Å². The van der Waals surface area contributed by atoms with Gasteiger partial charge in [-0.25, -0.2) is 0 Å². The summed E-state index contributed by atoms with van der Waals surface area (Å²) in [6.07, 6.45) is 2.07. The molecule has 94 valence electrons. The SMILES string of the molecule is Cc1n[nH]c(C)c1NC1CCc2cc(O)ccc21. The van der Waals surface area contributed by atoms with Crippen LogP contribution in [0.4, 0.5) is 5.69 Å². The fourth-order valence-electron chi connectivity index (χ4n) is 2.69. The molecule has 0 fully saturated rings. The molecule has 0 spiro atoms. The van der Waals surface area contributed by atoms with E-state index in [-0.39, 0.29) is 0 Å². The molecule has 1 aliphatic carbocycles. The zero-order chi connectivity index (χ0) is 12.7. The molecule has 0 amide bonds. The Labute approximate surface area is 106 Å². The van der Waals surface area contributed by atoms with Crippen LogP contribution in [0.3, 0.4) is 0 Å². The lowest BCUT2D eigenvalue weighted by Gasteiger charge is -2.15. The van der Waals surface area contributed by atoms with Crippen LogP contribution < -0.4 is 5.32 Å². The molecule has 1 unspecified atom stereocenters. The third-order valence-electron chi connectivity index (χ3n) is 3.65. The van der Waals surface area contributed by atoms with Gasteiger partial charge in [-0.1, -0.05) is 6.07 Å². The maximum Gasteiger partial charge on any atom is 0.115 e. The average Bonchev–Trinajstić information content (AvgIpc) is 2.87. The van der Waals surface area contributed by atoms with Gasteiger partial charge in [-0.05, 0) is 49.9 Å². The zero-order valence-electron chi connectivity index (χ0n) is 10.6. The van der Waals surface area contributed by atoms with Gasteiger partial charge in [-0.2, -0.15) is 5.10 Å². The second-order valence-corrected chi connectivity index (χ2v) is 4.93. The number of anilines is 1. The van der Waals surface area contributed by atoms with E-state index in [0.29, 0.717) is 11.8 Å². The largest absolute Gasteiger partial charge is 0.508 e. The Hall–Kier alpha value is -1.97. The fourth-order valence-corrected chi connectivity index (χ4v) is 2.69. The van der Waals surface area contributed by atoms with Gasteiger partial charge in [-0.15, -0.1) is 0 Å². The number of H-pyrrole nitrogens is 1. The molecule has 1 aromatic carbocycles. The summed E-state index contributed by atoms with van der Waals surface area (Å²) in [7, 11) is 0. The number of aromatic amines is 1. The minimum absolute atomic E-state index is 0.315. The molecule has 0 radical (unpaired) electrons. The van der Waals surface area contributed by atoms with Crippen molar-refractivity contribution in [3.63, 3.8) is 0 Å². The van der Waals surface area contributed by atoms with Gasteiger partial charge in [0.1, 0.15) is 5.75 Å². The number of nitrogens with one attached hydrogen (secondary N) is 2. The second kappa shape index (κ2) is 4.05. The molecule has 0 aliphatic heterocycles. The minimum Gasteiger partial charge on any atom is -0.508 e. The summed E-state index contributed by atoms with van der Waals surface area (Å²) in [6.45, 7) is 4.02. The molecule has 3 N–H and O–H groups in total. The molecule has 1 aliphatic rings. The first-order chi connectivity index (χ1) is 8.65. The van der Waals surface area contributed by atoms with Gasteiger partial charge in [0.05, 0.1) is 23.1 Å². The molecular formula is C14H17N3O. The smallest absolute Gasteiger partial charge is 0.115 e. The molecule has 1 heterocycles. The average molecular weight is 243 g/mol. The van der Waals surface area contributed by atoms with E-state index in [1.807, 2.05) is 26.0 Å². The van der Waals surface area contributed by atoms with E-state index in [1.165, 1.54) is 11.1 Å². The summed E-state index contributed by atoms with van der Waals surface area (Å²) < 4.78 is 0. The van der Waals surface area contributed by atoms with E-state index in [4.69, 9.17) is 0 Å². The number of hydrogen-bond donors (Lipinski definition) is 3. The predicted molar refractivity (Wildman–Crippen MR) is 70.9 cm³/mol. The van der Waals surface area contributed by atoms with Crippen molar-refractivity contribution < 1.29 is 5.11 Å². The van der Waals surface area contributed by atoms with E-state index < -0.39 is 0 Å². The minimum atomic E-state index is 0.315. The van der Waals surface area contributed by atoms with Crippen molar-refractivity contribution in [1.82, 2.24) is 10.2 Å². The van der Waals surface area contributed by atoms with E-state index in [0.717, 1.165) is 29.9 Å². The lowest BCUT2D eigenvalue weighted by Crippen LogP contribution is -2.08. The number of aryl methyl sites for hydroxylation is 3. The summed E-state index contributed by atoms with van der Waals surface area (Å²) in [5.74, 6) is 0.352. The summed E-state index contributed by atoms with van der Waals surface area (Å²) in [4.78, 5) is 0. The van der Waals surface area contributed by atoms with Crippen molar-refractivity contribution in [1.29, 1.82) is 0 Å². The van der Waals surface area contributed by atoms with Gasteiger partial charge in [0.15, 0.2) is 0 Å². The van der Waals surface area contributed by atoms with Gasteiger partial charge in [-0.3, -0.25) is 5.10 Å². The van der Waals surface area contributed by atoms with Gasteiger partial charge < -0.3 is 10.4 Å². The van der Waals surface area contributed by atoms with Gasteiger partial charge >= 0.3 is 0 Å². The third kappa shape index (κ3) is 1.74. The van der Waals surface area contributed by atoms with Crippen molar-refractivity contribution in [2.75, 3.05) is 5.32 Å². The van der Waals surface area contributed by atoms with Crippen molar-refractivity contribution >= 4 is 5.69 Å². The van der Waals surface area contributed by atoms with Gasteiger partial charge in [0, 0.05) is 0 Å². The number of aromatic hydroxyl groups is 1. The standard InChI is InChI=1S/C14H17N3O/c1-8-14(9(2)17-16-8)15-13-6-3-10-7-11(18)4-5-12(10)13/h4-5,7,13,15,18H,3,6H2,1-2H3,(H,16,17). The monoisotopic (exact) mass is 243 g/mol. The predicted octanol–water partition coefficient (Wildman–Crippen LogP) is 2.83. The number of aromatic nitrogens is 2. The Balaban J connectivity index is 1.89. The van der Waals surface area contributed by atoms with Crippen LogP contribution in [0.25, 0.3) is 0 Å². The van der Waals surface area contributed by atoms with Crippen molar-refractivity contribution in [3.8, 4) is 5.75 Å². The van der Waals surface area contributed by atoms with Crippen molar-refractivity contribution in [3.05, 3.63) is 40.7 Å². The number of phenolic OH excluding ortho intramolecular Hbond substituents is 1. The molecule has 0 saturated carbocycles. The molecule has 0 saturated heterocycles. The highest BCUT2D eigenvalue weighted by atomic mass is 16.3. The number of nitrogens with zero attached hydrogens (tertiary/aromatic N) is 1. The zero-order valence-corrected chi connectivity index (χ0v) is 10.6. The first-order valence-corrected chi connectivity index (χ1v) is 6.25. The molecular weight excluding hydrogens is 226 g/mol. The Kier molecular flexibility index (Phi) is 2.51. The quantitative estimate of drug-likeness (QED) is 0.760. The number of fused-ring (bicyclic) bond motifs is 1. The molecule has 1 atom stereocenters. The van der Waals surface area contributed by atoms with E-state index in [1.54, 1.807) is 6.07 Å². The molecule has 2 aromatic rings. The van der Waals surface area contributed by atoms with Crippen LogP contribution in [0.5, 0.6) is 5.75 Å². The van der Waals surface area contributed by atoms with Crippen molar-refractivity contribution in [2.45, 2.75) is 32.7 Å². The van der Waals surface area contributed by atoms with Crippen LogP contribution in [0, 0.1) is 13.8 Å². The number of phenols is 1. The van der Waals surface area contributed by atoms with Crippen LogP contribution in [0.15, 0.2) is 18.2 Å². The molecule has 4 nitrogen and oxygen atoms in total. The third-order valence-corrected chi connectivity index (χ3v) is 3.65. The van der Waals surface area contributed by atoms with Gasteiger partial charge in [0.2, 0.25) is 0 Å². The normalized spacial score (nSPS) is 17.8. The number of benzene rings is 1. The Bertz CT molecular complexity index is 569. The first kappa shape index (κ1) is 11.1. The number of rotatable bonds is 2. The van der Waals surface area contributed by atoms with E-state index in [9.17, 15) is 5.11 Å². The second-order valence-electron chi connectivity index (χ2n) is 4.93. The molecule has 1 aromatic heterocycles. The maximum absolute atomic E-state index is 9.49. The highest BCUT2D eigenvalue weighted by Gasteiger charge is 2.23. The number of hydrogen-bond acceptors (Lipinski definition) is 3. The lowest BCUT2D eigenvalue weighted by molar-refractivity contribution is 0.474.